The van der Waals surface area contributed by atoms with E-state index < -0.39 is 27.6 Å². The van der Waals surface area contributed by atoms with Crippen LogP contribution in [0.5, 0.6) is 0 Å². The largest absolute Gasteiger partial charge is 0.326 e. The molecule has 0 saturated carbocycles. The molecule has 3 aromatic rings. The molecule has 5 nitrogen and oxygen atoms in total. The molecule has 0 aliphatic rings. The number of anilines is 1. The number of nitrogens with one attached hydrogen (secondary N) is 2. The van der Waals surface area contributed by atoms with Gasteiger partial charge in [0.05, 0.1) is 4.90 Å². The van der Waals surface area contributed by atoms with Gasteiger partial charge in [-0.1, -0.05) is 30.3 Å². The highest BCUT2D eigenvalue weighted by molar-refractivity contribution is 7.89. The van der Waals surface area contributed by atoms with E-state index in [9.17, 15) is 22.0 Å². The zero-order chi connectivity index (χ0) is 19.4. The van der Waals surface area contributed by atoms with Crippen molar-refractivity contribution in [2.75, 3.05) is 11.9 Å². The Kier molecular flexibility index (Phi) is 5.48. The molecule has 0 aliphatic carbocycles. The molecule has 3 aromatic carbocycles. The van der Waals surface area contributed by atoms with E-state index in [2.05, 4.69) is 10.0 Å². The van der Waals surface area contributed by atoms with Gasteiger partial charge in [0, 0.05) is 24.7 Å². The third kappa shape index (κ3) is 4.87. The summed E-state index contributed by atoms with van der Waals surface area (Å²) < 4.78 is 53.3. The van der Waals surface area contributed by atoms with E-state index in [1.165, 1.54) is 6.07 Å². The summed E-state index contributed by atoms with van der Waals surface area (Å²) in [6.45, 7) is -0.154. The lowest BCUT2D eigenvalue weighted by molar-refractivity contribution is -0.116. The molecule has 0 fully saturated rings. The first-order valence-corrected chi connectivity index (χ1v) is 9.56. The molecule has 0 atom stereocenters. The number of fused-ring (bicyclic) bond motifs is 1. The second-order valence-corrected chi connectivity index (χ2v) is 7.63. The van der Waals surface area contributed by atoms with Crippen LogP contribution in [0.2, 0.25) is 0 Å². The summed E-state index contributed by atoms with van der Waals surface area (Å²) in [6.07, 6.45) is -0.190. The minimum Gasteiger partial charge on any atom is -0.326 e. The van der Waals surface area contributed by atoms with Crippen LogP contribution in [0.15, 0.2) is 65.6 Å². The second-order valence-electron chi connectivity index (χ2n) is 5.86. The Morgan fingerprint density at radius 1 is 0.889 bits per heavy atom. The van der Waals surface area contributed by atoms with E-state index in [-0.39, 0.29) is 23.5 Å². The monoisotopic (exact) mass is 390 g/mol. The molecule has 0 unspecified atom stereocenters. The summed E-state index contributed by atoms with van der Waals surface area (Å²) in [5, 5.41) is 4.02. The van der Waals surface area contributed by atoms with Crippen molar-refractivity contribution >= 4 is 32.4 Å². The van der Waals surface area contributed by atoms with Crippen LogP contribution in [0.4, 0.5) is 14.5 Å². The molecule has 0 saturated heterocycles. The molecule has 2 N–H and O–H groups in total. The van der Waals surface area contributed by atoms with Gasteiger partial charge in [-0.05, 0) is 35.0 Å². The molecule has 8 heteroatoms. The summed E-state index contributed by atoms with van der Waals surface area (Å²) in [4.78, 5) is 11.9. The van der Waals surface area contributed by atoms with Crippen molar-refractivity contribution < 1.29 is 22.0 Å². The fourth-order valence-electron chi connectivity index (χ4n) is 2.57. The number of sulfonamides is 1. The molecule has 0 spiro atoms. The second kappa shape index (κ2) is 7.81. The molecular weight excluding hydrogens is 374 g/mol. The van der Waals surface area contributed by atoms with Crippen molar-refractivity contribution in [3.05, 3.63) is 72.3 Å². The molecular formula is C19H16F2N2O3S. The lowest BCUT2D eigenvalue weighted by Crippen LogP contribution is -2.27. The van der Waals surface area contributed by atoms with E-state index in [0.717, 1.165) is 22.9 Å². The molecule has 0 heterocycles. The number of amides is 1. The van der Waals surface area contributed by atoms with Crippen LogP contribution < -0.4 is 10.0 Å². The van der Waals surface area contributed by atoms with Gasteiger partial charge in [-0.25, -0.2) is 21.9 Å². The summed E-state index contributed by atoms with van der Waals surface area (Å²) in [5.74, 6) is -2.20. The number of carbonyl (C=O) groups excluding carboxylic acids is 1. The summed E-state index contributed by atoms with van der Waals surface area (Å²) in [7, 11) is -3.78. The Morgan fingerprint density at radius 3 is 2.26 bits per heavy atom. The molecule has 0 aromatic heterocycles. The van der Waals surface area contributed by atoms with Crippen molar-refractivity contribution in [1.82, 2.24) is 4.72 Å². The Morgan fingerprint density at radius 2 is 1.56 bits per heavy atom. The van der Waals surface area contributed by atoms with Crippen molar-refractivity contribution in [1.29, 1.82) is 0 Å². The average Bonchev–Trinajstić information content (AvgIpc) is 2.60. The number of carbonyl (C=O) groups is 1. The Labute approximate surface area is 155 Å². The zero-order valence-electron chi connectivity index (χ0n) is 14.1. The highest BCUT2D eigenvalue weighted by atomic mass is 32.2. The first-order chi connectivity index (χ1) is 12.8. The van der Waals surface area contributed by atoms with E-state index in [4.69, 9.17) is 0 Å². The fourth-order valence-corrected chi connectivity index (χ4v) is 3.63. The number of halogens is 2. The maximum atomic E-state index is 13.1. The summed E-state index contributed by atoms with van der Waals surface area (Å²) in [6, 6.07) is 14.7. The van der Waals surface area contributed by atoms with Crippen LogP contribution in [0.1, 0.15) is 6.42 Å². The van der Waals surface area contributed by atoms with E-state index in [1.807, 2.05) is 18.2 Å². The van der Waals surface area contributed by atoms with Gasteiger partial charge in [-0.3, -0.25) is 4.79 Å². The molecule has 3 rings (SSSR count). The fraction of sp³-hybridized carbons (Fsp3) is 0.105. The van der Waals surface area contributed by atoms with Crippen LogP contribution in [-0.2, 0) is 14.8 Å². The minimum atomic E-state index is -3.78. The number of hydrogen-bond donors (Lipinski definition) is 2. The van der Waals surface area contributed by atoms with Gasteiger partial charge < -0.3 is 5.32 Å². The Hall–Kier alpha value is -2.84. The molecule has 27 heavy (non-hydrogen) atoms. The quantitative estimate of drug-likeness (QED) is 0.677. The van der Waals surface area contributed by atoms with Crippen LogP contribution in [0.3, 0.4) is 0 Å². The SMILES string of the molecule is O=C(CCNS(=O)(=O)c1ccc2ccccc2c1)Nc1cc(F)cc(F)c1. The number of benzene rings is 3. The lowest BCUT2D eigenvalue weighted by Gasteiger charge is -2.09. The molecule has 0 bridgehead atoms. The first kappa shape index (κ1) is 18.9. The standard InChI is InChI=1S/C19H16F2N2O3S/c20-15-10-16(21)12-17(11-15)23-19(24)7-8-22-27(25,26)18-6-5-13-3-1-2-4-14(13)9-18/h1-6,9-12,22H,7-8H2,(H,23,24). The molecule has 1 amide bonds. The summed E-state index contributed by atoms with van der Waals surface area (Å²) >= 11 is 0. The van der Waals surface area contributed by atoms with Gasteiger partial charge in [-0.15, -0.1) is 0 Å². The van der Waals surface area contributed by atoms with Crippen molar-refractivity contribution in [2.45, 2.75) is 11.3 Å². The molecule has 0 aliphatic heterocycles. The topological polar surface area (TPSA) is 75.3 Å². The van der Waals surface area contributed by atoms with Gasteiger partial charge in [0.1, 0.15) is 11.6 Å². The summed E-state index contributed by atoms with van der Waals surface area (Å²) in [5.41, 5.74) is -0.0325. The Balaban J connectivity index is 1.60. The van der Waals surface area contributed by atoms with Gasteiger partial charge >= 0.3 is 0 Å². The molecule has 140 valence electrons. The predicted octanol–water partition coefficient (Wildman–Crippen LogP) is 3.43. The first-order valence-electron chi connectivity index (χ1n) is 8.08. The number of rotatable bonds is 6. The third-order valence-corrected chi connectivity index (χ3v) is 5.28. The van der Waals surface area contributed by atoms with Crippen LogP contribution in [0.25, 0.3) is 10.8 Å². The van der Waals surface area contributed by atoms with E-state index >= 15 is 0 Å². The maximum Gasteiger partial charge on any atom is 0.240 e. The predicted molar refractivity (Wildman–Crippen MR) is 98.7 cm³/mol. The van der Waals surface area contributed by atoms with Crippen LogP contribution in [-0.4, -0.2) is 20.9 Å². The number of hydrogen-bond acceptors (Lipinski definition) is 3. The van der Waals surface area contributed by atoms with E-state index in [0.29, 0.717) is 6.07 Å². The van der Waals surface area contributed by atoms with Gasteiger partial charge in [0.2, 0.25) is 15.9 Å². The van der Waals surface area contributed by atoms with Crippen molar-refractivity contribution in [3.63, 3.8) is 0 Å². The zero-order valence-corrected chi connectivity index (χ0v) is 14.9. The van der Waals surface area contributed by atoms with Crippen LogP contribution >= 0.6 is 0 Å². The normalized spacial score (nSPS) is 11.5. The highest BCUT2D eigenvalue weighted by Crippen LogP contribution is 2.19. The third-order valence-electron chi connectivity index (χ3n) is 3.82. The minimum absolute atomic E-state index is 0.0325. The van der Waals surface area contributed by atoms with Gasteiger partial charge in [0.15, 0.2) is 0 Å². The van der Waals surface area contributed by atoms with Gasteiger partial charge in [-0.2, -0.15) is 0 Å². The maximum absolute atomic E-state index is 13.1. The average molecular weight is 390 g/mol. The van der Waals surface area contributed by atoms with Crippen molar-refractivity contribution in [3.8, 4) is 0 Å². The smallest absolute Gasteiger partial charge is 0.240 e. The van der Waals surface area contributed by atoms with Gasteiger partial charge in [0.25, 0.3) is 0 Å². The Bertz CT molecular complexity index is 1080. The highest BCUT2D eigenvalue weighted by Gasteiger charge is 2.15. The van der Waals surface area contributed by atoms with Crippen molar-refractivity contribution in [2.24, 2.45) is 0 Å². The van der Waals surface area contributed by atoms with E-state index in [1.54, 1.807) is 18.2 Å². The molecule has 0 radical (unpaired) electrons. The van der Waals surface area contributed by atoms with Crippen LogP contribution in [0, 0.1) is 11.6 Å². The lowest BCUT2D eigenvalue weighted by atomic mass is 10.1.